The zero-order chi connectivity index (χ0) is 21.5. The summed E-state index contributed by atoms with van der Waals surface area (Å²) < 4.78 is 5.77. The van der Waals surface area contributed by atoms with Gasteiger partial charge in [-0.15, -0.1) is 0 Å². The summed E-state index contributed by atoms with van der Waals surface area (Å²) in [7, 11) is 0. The molecule has 0 unspecified atom stereocenters. The predicted molar refractivity (Wildman–Crippen MR) is 120 cm³/mol. The predicted octanol–water partition coefficient (Wildman–Crippen LogP) is 5.39. The Bertz CT molecular complexity index is 1010. The lowest BCUT2D eigenvalue weighted by Gasteiger charge is -2.15. The van der Waals surface area contributed by atoms with E-state index in [1.165, 1.54) is 0 Å². The van der Waals surface area contributed by atoms with Crippen LogP contribution in [-0.4, -0.2) is 18.4 Å². The Hall–Kier alpha value is -3.60. The molecule has 154 valence electrons. The summed E-state index contributed by atoms with van der Waals surface area (Å²) in [6, 6.07) is 22.0. The van der Waals surface area contributed by atoms with Crippen LogP contribution >= 0.6 is 0 Å². The molecule has 0 radical (unpaired) electrons. The van der Waals surface area contributed by atoms with Crippen molar-refractivity contribution in [2.24, 2.45) is 0 Å². The first kappa shape index (κ1) is 21.1. The number of rotatable bonds is 7. The molecule has 0 saturated carbocycles. The molecule has 0 atom stereocenters. The first-order valence-electron chi connectivity index (χ1n) is 9.92. The topological polar surface area (TPSA) is 67.4 Å². The van der Waals surface area contributed by atoms with Gasteiger partial charge in [0.15, 0.2) is 6.61 Å². The fourth-order valence-corrected chi connectivity index (χ4v) is 3.01. The Balaban J connectivity index is 1.55. The number of aryl methyl sites for hydroxylation is 1. The maximum absolute atomic E-state index is 12.3. The molecule has 0 aliphatic heterocycles. The van der Waals surface area contributed by atoms with Crippen molar-refractivity contribution in [3.63, 3.8) is 0 Å². The SMILES string of the molecule is Cc1ccc(C(C)C)c(OCC(=O)Nc2ccc(NC(=O)c3ccccc3)cc2)c1. The molecular formula is C25H26N2O3. The van der Waals surface area contributed by atoms with Crippen molar-refractivity contribution < 1.29 is 14.3 Å². The van der Waals surface area contributed by atoms with Gasteiger partial charge in [-0.3, -0.25) is 9.59 Å². The summed E-state index contributed by atoms with van der Waals surface area (Å²) in [5.41, 5.74) is 4.04. The third kappa shape index (κ3) is 5.70. The van der Waals surface area contributed by atoms with Gasteiger partial charge in [-0.1, -0.05) is 44.2 Å². The van der Waals surface area contributed by atoms with Gasteiger partial charge in [0.2, 0.25) is 0 Å². The van der Waals surface area contributed by atoms with Crippen LogP contribution < -0.4 is 15.4 Å². The molecule has 0 saturated heterocycles. The summed E-state index contributed by atoms with van der Waals surface area (Å²) >= 11 is 0. The maximum atomic E-state index is 12.3. The number of hydrogen-bond donors (Lipinski definition) is 2. The monoisotopic (exact) mass is 402 g/mol. The Morgan fingerprint density at radius 2 is 1.50 bits per heavy atom. The largest absolute Gasteiger partial charge is 0.483 e. The van der Waals surface area contributed by atoms with Crippen LogP contribution in [0.15, 0.2) is 72.8 Å². The van der Waals surface area contributed by atoms with Gasteiger partial charge in [-0.2, -0.15) is 0 Å². The Morgan fingerprint density at radius 1 is 0.867 bits per heavy atom. The lowest BCUT2D eigenvalue weighted by molar-refractivity contribution is -0.118. The lowest BCUT2D eigenvalue weighted by atomic mass is 10.0. The molecule has 5 nitrogen and oxygen atoms in total. The third-order valence-electron chi connectivity index (χ3n) is 4.61. The van der Waals surface area contributed by atoms with E-state index in [0.29, 0.717) is 22.9 Å². The van der Waals surface area contributed by atoms with E-state index in [0.717, 1.165) is 16.9 Å². The van der Waals surface area contributed by atoms with Crippen LogP contribution in [0.5, 0.6) is 5.75 Å². The van der Waals surface area contributed by atoms with E-state index in [-0.39, 0.29) is 18.4 Å². The number of carbonyl (C=O) groups is 2. The number of anilines is 2. The zero-order valence-electron chi connectivity index (χ0n) is 17.4. The molecule has 3 aromatic rings. The summed E-state index contributed by atoms with van der Waals surface area (Å²) in [4.78, 5) is 24.5. The van der Waals surface area contributed by atoms with E-state index in [9.17, 15) is 9.59 Å². The fourth-order valence-electron chi connectivity index (χ4n) is 3.01. The number of hydrogen-bond acceptors (Lipinski definition) is 3. The van der Waals surface area contributed by atoms with E-state index in [4.69, 9.17) is 4.74 Å². The molecule has 30 heavy (non-hydrogen) atoms. The van der Waals surface area contributed by atoms with Crippen molar-refractivity contribution in [1.29, 1.82) is 0 Å². The van der Waals surface area contributed by atoms with Crippen molar-refractivity contribution in [1.82, 2.24) is 0 Å². The molecular weight excluding hydrogens is 376 g/mol. The van der Waals surface area contributed by atoms with E-state index in [1.54, 1.807) is 36.4 Å². The summed E-state index contributed by atoms with van der Waals surface area (Å²) in [6.07, 6.45) is 0. The van der Waals surface area contributed by atoms with Gasteiger partial charge in [0.1, 0.15) is 5.75 Å². The molecule has 0 spiro atoms. The van der Waals surface area contributed by atoms with Crippen LogP contribution in [0.2, 0.25) is 0 Å². The van der Waals surface area contributed by atoms with Gasteiger partial charge in [0.25, 0.3) is 11.8 Å². The number of carbonyl (C=O) groups excluding carboxylic acids is 2. The van der Waals surface area contributed by atoms with Crippen LogP contribution in [0.25, 0.3) is 0 Å². The van der Waals surface area contributed by atoms with Crippen molar-refractivity contribution in [3.8, 4) is 5.75 Å². The fraction of sp³-hybridized carbons (Fsp3) is 0.200. The molecule has 0 aliphatic carbocycles. The quantitative estimate of drug-likeness (QED) is 0.557. The minimum Gasteiger partial charge on any atom is -0.483 e. The second kappa shape index (κ2) is 9.74. The average Bonchev–Trinajstić information content (AvgIpc) is 2.74. The highest BCUT2D eigenvalue weighted by molar-refractivity contribution is 6.04. The molecule has 0 aromatic heterocycles. The van der Waals surface area contributed by atoms with Crippen molar-refractivity contribution in [2.45, 2.75) is 26.7 Å². The number of ether oxygens (including phenoxy) is 1. The zero-order valence-corrected chi connectivity index (χ0v) is 17.4. The number of amides is 2. The average molecular weight is 402 g/mol. The standard InChI is InChI=1S/C25H26N2O3/c1-17(2)22-14-9-18(3)15-23(22)30-16-24(28)26-20-10-12-21(13-11-20)27-25(29)19-7-5-4-6-8-19/h4-15,17H,16H2,1-3H3,(H,26,28)(H,27,29). The van der Waals surface area contributed by atoms with Gasteiger partial charge >= 0.3 is 0 Å². The Morgan fingerprint density at radius 3 is 2.13 bits per heavy atom. The molecule has 5 heteroatoms. The molecule has 2 amide bonds. The summed E-state index contributed by atoms with van der Waals surface area (Å²) in [5.74, 6) is 0.619. The second-order valence-corrected chi connectivity index (χ2v) is 7.43. The van der Waals surface area contributed by atoms with Gasteiger partial charge in [0.05, 0.1) is 0 Å². The third-order valence-corrected chi connectivity index (χ3v) is 4.61. The molecule has 0 bridgehead atoms. The molecule has 3 aromatic carbocycles. The summed E-state index contributed by atoms with van der Waals surface area (Å²) in [5, 5.41) is 5.64. The van der Waals surface area contributed by atoms with Crippen LogP contribution in [0.1, 0.15) is 41.3 Å². The van der Waals surface area contributed by atoms with Crippen molar-refractivity contribution in [2.75, 3.05) is 17.2 Å². The second-order valence-electron chi connectivity index (χ2n) is 7.43. The minimum absolute atomic E-state index is 0.0737. The van der Waals surface area contributed by atoms with Crippen LogP contribution in [0.3, 0.4) is 0 Å². The number of nitrogens with one attached hydrogen (secondary N) is 2. The maximum Gasteiger partial charge on any atom is 0.262 e. The lowest BCUT2D eigenvalue weighted by Crippen LogP contribution is -2.20. The highest BCUT2D eigenvalue weighted by Gasteiger charge is 2.11. The molecule has 2 N–H and O–H groups in total. The molecule has 3 rings (SSSR count). The highest BCUT2D eigenvalue weighted by atomic mass is 16.5. The van der Waals surface area contributed by atoms with E-state index < -0.39 is 0 Å². The first-order valence-corrected chi connectivity index (χ1v) is 9.92. The summed E-state index contributed by atoms with van der Waals surface area (Å²) in [6.45, 7) is 6.11. The smallest absolute Gasteiger partial charge is 0.262 e. The normalized spacial score (nSPS) is 10.5. The van der Waals surface area contributed by atoms with Gasteiger partial charge in [-0.05, 0) is 66.4 Å². The van der Waals surface area contributed by atoms with Crippen molar-refractivity contribution >= 4 is 23.2 Å². The minimum atomic E-state index is -0.243. The molecule has 0 aliphatic rings. The van der Waals surface area contributed by atoms with E-state index >= 15 is 0 Å². The van der Waals surface area contributed by atoms with E-state index in [1.807, 2.05) is 43.3 Å². The van der Waals surface area contributed by atoms with Crippen molar-refractivity contribution in [3.05, 3.63) is 89.5 Å². The highest BCUT2D eigenvalue weighted by Crippen LogP contribution is 2.27. The van der Waals surface area contributed by atoms with E-state index in [2.05, 4.69) is 24.5 Å². The molecule has 0 heterocycles. The Kier molecular flexibility index (Phi) is 6.86. The van der Waals surface area contributed by atoms with Crippen LogP contribution in [-0.2, 0) is 4.79 Å². The Labute approximate surface area is 177 Å². The van der Waals surface area contributed by atoms with Crippen LogP contribution in [0.4, 0.5) is 11.4 Å². The first-order chi connectivity index (χ1) is 14.4. The molecule has 0 fully saturated rings. The van der Waals surface area contributed by atoms with Gasteiger partial charge < -0.3 is 15.4 Å². The van der Waals surface area contributed by atoms with Gasteiger partial charge in [-0.25, -0.2) is 0 Å². The van der Waals surface area contributed by atoms with Crippen LogP contribution in [0, 0.1) is 6.92 Å². The number of benzene rings is 3. The van der Waals surface area contributed by atoms with Gasteiger partial charge in [0, 0.05) is 16.9 Å².